The van der Waals surface area contributed by atoms with Crippen LogP contribution in [0.2, 0.25) is 0 Å². The van der Waals surface area contributed by atoms with Gasteiger partial charge in [-0.1, -0.05) is 0 Å². The summed E-state index contributed by atoms with van der Waals surface area (Å²) in [5.74, 6) is -0.790. The largest absolute Gasteiger partial charge is 0.494 e. The molecule has 0 unspecified atom stereocenters. The van der Waals surface area contributed by atoms with E-state index in [1.165, 1.54) is 38.6 Å². The van der Waals surface area contributed by atoms with Crippen LogP contribution in [0, 0.1) is 5.82 Å². The van der Waals surface area contributed by atoms with E-state index in [-0.39, 0.29) is 23.0 Å². The lowest BCUT2D eigenvalue weighted by molar-refractivity contribution is 0.0601. The molecule has 0 saturated carbocycles. The van der Waals surface area contributed by atoms with E-state index in [9.17, 15) is 9.18 Å². The molecule has 0 aliphatic rings. The Kier molecular flexibility index (Phi) is 3.79. The normalized spacial score (nSPS) is 10.2. The number of aromatic nitrogens is 2. The van der Waals surface area contributed by atoms with Gasteiger partial charge in [-0.05, 0) is 18.2 Å². The number of nitrogens with two attached hydrogens (primary N) is 1. The van der Waals surface area contributed by atoms with Crippen LogP contribution in [0.25, 0.3) is 11.4 Å². The molecule has 0 aliphatic heterocycles. The molecule has 2 aromatic rings. The van der Waals surface area contributed by atoms with Crippen molar-refractivity contribution in [2.24, 2.45) is 0 Å². The number of hydrogen-bond donors (Lipinski definition) is 1. The average Bonchev–Trinajstić information content (AvgIpc) is 2.47. The second kappa shape index (κ2) is 5.52. The first-order valence-corrected chi connectivity index (χ1v) is 5.61. The molecule has 0 bridgehead atoms. The van der Waals surface area contributed by atoms with Crippen molar-refractivity contribution in [2.75, 3.05) is 20.0 Å². The fraction of sp³-hybridized carbons (Fsp3) is 0.154. The Morgan fingerprint density at radius 2 is 2.10 bits per heavy atom. The van der Waals surface area contributed by atoms with E-state index in [0.717, 1.165) is 0 Å². The van der Waals surface area contributed by atoms with Crippen molar-refractivity contribution in [1.82, 2.24) is 9.97 Å². The molecule has 2 rings (SSSR count). The summed E-state index contributed by atoms with van der Waals surface area (Å²) in [6, 6.07) is 4.17. The zero-order valence-corrected chi connectivity index (χ0v) is 10.9. The Balaban J connectivity index is 2.44. The van der Waals surface area contributed by atoms with Crippen LogP contribution in [-0.4, -0.2) is 30.2 Å². The van der Waals surface area contributed by atoms with E-state index in [1.807, 2.05) is 0 Å². The monoisotopic (exact) mass is 277 g/mol. The van der Waals surface area contributed by atoms with E-state index in [1.54, 1.807) is 0 Å². The molecule has 2 N–H and O–H groups in total. The third-order valence-electron chi connectivity index (χ3n) is 2.63. The Bertz CT molecular complexity index is 661. The minimum absolute atomic E-state index is 0.00913. The Hall–Kier alpha value is -2.70. The van der Waals surface area contributed by atoms with Crippen molar-refractivity contribution < 1.29 is 18.7 Å². The van der Waals surface area contributed by atoms with Crippen molar-refractivity contribution >= 4 is 11.8 Å². The summed E-state index contributed by atoms with van der Waals surface area (Å²) in [5, 5.41) is 0. The van der Waals surface area contributed by atoms with Gasteiger partial charge in [0.1, 0.15) is 11.4 Å². The number of carbonyl (C=O) groups is 1. The standard InChI is InChI=1S/C13H12FN3O3/c1-19-10-5-7(3-4-9(10)14)12-16-6-8(11(15)17-12)13(18)20-2/h3-6H,1-2H3,(H2,15,16,17). The maximum Gasteiger partial charge on any atom is 0.343 e. The summed E-state index contributed by atoms with van der Waals surface area (Å²) in [6.07, 6.45) is 1.26. The number of anilines is 1. The minimum atomic E-state index is -0.620. The number of ether oxygens (including phenoxy) is 2. The number of hydrogen-bond acceptors (Lipinski definition) is 6. The van der Waals surface area contributed by atoms with E-state index in [2.05, 4.69) is 14.7 Å². The maximum atomic E-state index is 13.3. The molecule has 0 atom stereocenters. The highest BCUT2D eigenvalue weighted by molar-refractivity contribution is 5.93. The topological polar surface area (TPSA) is 87.3 Å². The lowest BCUT2D eigenvalue weighted by atomic mass is 10.2. The van der Waals surface area contributed by atoms with Crippen molar-refractivity contribution in [3.05, 3.63) is 35.8 Å². The highest BCUT2D eigenvalue weighted by Crippen LogP contribution is 2.25. The molecular formula is C13H12FN3O3. The SMILES string of the molecule is COC(=O)c1cnc(-c2ccc(F)c(OC)c2)nc1N. The molecule has 7 heteroatoms. The van der Waals surface area contributed by atoms with Crippen molar-refractivity contribution in [2.45, 2.75) is 0 Å². The summed E-state index contributed by atoms with van der Waals surface area (Å²) in [5.41, 5.74) is 6.27. The van der Waals surface area contributed by atoms with E-state index >= 15 is 0 Å². The summed E-state index contributed by atoms with van der Waals surface area (Å²) in [6.45, 7) is 0. The van der Waals surface area contributed by atoms with Crippen LogP contribution in [0.1, 0.15) is 10.4 Å². The fourth-order valence-corrected chi connectivity index (χ4v) is 1.60. The molecule has 0 aliphatic carbocycles. The Morgan fingerprint density at radius 3 is 2.70 bits per heavy atom. The number of nitrogens with zero attached hydrogens (tertiary/aromatic N) is 2. The van der Waals surface area contributed by atoms with Crippen LogP contribution in [0.15, 0.2) is 24.4 Å². The van der Waals surface area contributed by atoms with Gasteiger partial charge in [-0.2, -0.15) is 0 Å². The minimum Gasteiger partial charge on any atom is -0.494 e. The van der Waals surface area contributed by atoms with Gasteiger partial charge in [0.05, 0.1) is 14.2 Å². The van der Waals surface area contributed by atoms with Gasteiger partial charge in [-0.15, -0.1) is 0 Å². The van der Waals surface area contributed by atoms with Gasteiger partial charge < -0.3 is 15.2 Å². The van der Waals surface area contributed by atoms with Gasteiger partial charge in [0.2, 0.25) is 0 Å². The van der Waals surface area contributed by atoms with Crippen LogP contribution in [0.3, 0.4) is 0 Å². The third kappa shape index (κ3) is 2.51. The van der Waals surface area contributed by atoms with Gasteiger partial charge in [0, 0.05) is 11.8 Å². The quantitative estimate of drug-likeness (QED) is 0.858. The number of esters is 1. The van der Waals surface area contributed by atoms with Crippen molar-refractivity contribution in [3.63, 3.8) is 0 Å². The predicted octanol–water partition coefficient (Wildman–Crippen LogP) is 1.66. The van der Waals surface area contributed by atoms with Crippen LogP contribution in [0.5, 0.6) is 5.75 Å². The maximum absolute atomic E-state index is 13.3. The van der Waals surface area contributed by atoms with Crippen molar-refractivity contribution in [1.29, 1.82) is 0 Å². The van der Waals surface area contributed by atoms with E-state index in [4.69, 9.17) is 10.5 Å². The molecule has 6 nitrogen and oxygen atoms in total. The van der Waals surface area contributed by atoms with Gasteiger partial charge in [0.15, 0.2) is 17.4 Å². The fourth-order valence-electron chi connectivity index (χ4n) is 1.60. The molecule has 1 aromatic heterocycles. The van der Waals surface area contributed by atoms with Crippen LogP contribution in [0.4, 0.5) is 10.2 Å². The first-order valence-electron chi connectivity index (χ1n) is 5.61. The first-order chi connectivity index (χ1) is 9.56. The van der Waals surface area contributed by atoms with E-state index < -0.39 is 11.8 Å². The number of rotatable bonds is 3. The predicted molar refractivity (Wildman–Crippen MR) is 69.7 cm³/mol. The number of benzene rings is 1. The molecule has 0 amide bonds. The summed E-state index contributed by atoms with van der Waals surface area (Å²) < 4.78 is 22.8. The zero-order valence-electron chi connectivity index (χ0n) is 10.9. The van der Waals surface area contributed by atoms with Gasteiger partial charge in [-0.25, -0.2) is 19.2 Å². The summed E-state index contributed by atoms with van der Waals surface area (Å²) in [4.78, 5) is 19.4. The molecule has 1 aromatic carbocycles. The number of carbonyl (C=O) groups excluding carboxylic acids is 1. The number of nitrogen functional groups attached to an aromatic ring is 1. The lowest BCUT2D eigenvalue weighted by Crippen LogP contribution is -2.09. The van der Waals surface area contributed by atoms with Gasteiger partial charge >= 0.3 is 5.97 Å². The first kappa shape index (κ1) is 13.7. The second-order valence-corrected chi connectivity index (χ2v) is 3.83. The summed E-state index contributed by atoms with van der Waals surface area (Å²) in [7, 11) is 2.60. The van der Waals surface area contributed by atoms with Gasteiger partial charge in [-0.3, -0.25) is 0 Å². The molecular weight excluding hydrogens is 265 g/mol. The summed E-state index contributed by atoms with van der Waals surface area (Å²) >= 11 is 0. The van der Waals surface area contributed by atoms with Crippen molar-refractivity contribution in [3.8, 4) is 17.1 Å². The Labute approximate surface area is 114 Å². The van der Waals surface area contributed by atoms with Gasteiger partial charge in [0.25, 0.3) is 0 Å². The Morgan fingerprint density at radius 1 is 1.35 bits per heavy atom. The van der Waals surface area contributed by atoms with E-state index in [0.29, 0.717) is 5.56 Å². The van der Waals surface area contributed by atoms with Crippen LogP contribution in [-0.2, 0) is 4.74 Å². The molecule has 0 spiro atoms. The molecule has 0 fully saturated rings. The highest BCUT2D eigenvalue weighted by atomic mass is 19.1. The number of halogens is 1. The smallest absolute Gasteiger partial charge is 0.343 e. The average molecular weight is 277 g/mol. The van der Waals surface area contributed by atoms with Crippen LogP contribution >= 0.6 is 0 Å². The number of methoxy groups -OCH3 is 2. The zero-order chi connectivity index (χ0) is 14.7. The molecule has 1 heterocycles. The lowest BCUT2D eigenvalue weighted by Gasteiger charge is -2.07. The molecule has 0 radical (unpaired) electrons. The molecule has 20 heavy (non-hydrogen) atoms. The molecule has 104 valence electrons. The second-order valence-electron chi connectivity index (χ2n) is 3.83. The third-order valence-corrected chi connectivity index (χ3v) is 2.63. The molecule has 0 saturated heterocycles. The van der Waals surface area contributed by atoms with Crippen LogP contribution < -0.4 is 10.5 Å². The highest BCUT2D eigenvalue weighted by Gasteiger charge is 2.14.